The van der Waals surface area contributed by atoms with Gasteiger partial charge >= 0.3 is 0 Å². The van der Waals surface area contributed by atoms with Gasteiger partial charge in [0.2, 0.25) is 0 Å². The third-order valence-corrected chi connectivity index (χ3v) is 1.04. The standard InChI is InChI=1S/C6H12NO/c1-4-5-6(2)7(3)8/h4-6H,1-3H3/q-1/b5-4-. The second-order valence-electron chi connectivity index (χ2n) is 1.81. The van der Waals surface area contributed by atoms with Crippen LogP contribution in [0.2, 0.25) is 0 Å². The van der Waals surface area contributed by atoms with Crippen LogP contribution in [0.15, 0.2) is 12.2 Å². The first-order valence-electron chi connectivity index (χ1n) is 2.71. The minimum Gasteiger partial charge on any atom is -0.785 e. The van der Waals surface area contributed by atoms with Crippen molar-refractivity contribution in [2.45, 2.75) is 19.9 Å². The molecular formula is C6H12NO-. The third-order valence-electron chi connectivity index (χ3n) is 1.04. The van der Waals surface area contributed by atoms with Gasteiger partial charge in [-0.3, -0.25) is 0 Å². The minimum absolute atomic E-state index is 0.0139. The molecular weight excluding hydrogens is 102 g/mol. The molecule has 0 aliphatic rings. The van der Waals surface area contributed by atoms with E-state index in [-0.39, 0.29) is 6.04 Å². The van der Waals surface area contributed by atoms with E-state index >= 15 is 0 Å². The Bertz CT molecular complexity index is 78.6. The van der Waals surface area contributed by atoms with Gasteiger partial charge in [-0.25, -0.2) is 0 Å². The highest BCUT2D eigenvalue weighted by Gasteiger charge is 1.89. The van der Waals surface area contributed by atoms with Gasteiger partial charge in [-0.15, -0.1) is 0 Å². The average molecular weight is 114 g/mol. The average Bonchev–Trinajstić information content (AvgIpc) is 1.67. The maximum Gasteiger partial charge on any atom is 0.0129 e. The highest BCUT2D eigenvalue weighted by molar-refractivity contribution is 4.88. The molecule has 1 atom stereocenters. The zero-order valence-corrected chi connectivity index (χ0v) is 5.59. The van der Waals surface area contributed by atoms with E-state index < -0.39 is 0 Å². The third kappa shape index (κ3) is 2.77. The number of likely N-dealkylation sites (N-methyl/N-ethyl adjacent to an activating group) is 1. The summed E-state index contributed by atoms with van der Waals surface area (Å²) in [5.41, 5.74) is 0. The molecule has 0 radical (unpaired) electrons. The molecule has 0 fully saturated rings. The van der Waals surface area contributed by atoms with E-state index in [0.29, 0.717) is 0 Å². The largest absolute Gasteiger partial charge is 0.785 e. The van der Waals surface area contributed by atoms with E-state index in [9.17, 15) is 5.21 Å². The topological polar surface area (TPSA) is 26.3 Å². The maximum absolute atomic E-state index is 10.4. The molecule has 0 saturated carbocycles. The molecule has 0 saturated heterocycles. The Labute approximate surface area is 50.4 Å². The molecule has 0 bridgehead atoms. The number of nitrogens with zero attached hydrogens (tertiary/aromatic N) is 1. The van der Waals surface area contributed by atoms with Crippen molar-refractivity contribution in [1.82, 2.24) is 5.06 Å². The van der Waals surface area contributed by atoms with Crippen molar-refractivity contribution in [1.29, 1.82) is 0 Å². The zero-order chi connectivity index (χ0) is 6.57. The van der Waals surface area contributed by atoms with E-state index in [1.54, 1.807) is 0 Å². The predicted molar refractivity (Wildman–Crippen MR) is 35.4 cm³/mol. The van der Waals surface area contributed by atoms with E-state index in [0.717, 1.165) is 5.06 Å². The van der Waals surface area contributed by atoms with Crippen LogP contribution in [0, 0.1) is 5.21 Å². The zero-order valence-electron chi connectivity index (χ0n) is 5.59. The lowest BCUT2D eigenvalue weighted by atomic mass is 10.3. The first-order valence-corrected chi connectivity index (χ1v) is 2.71. The van der Waals surface area contributed by atoms with Gasteiger partial charge in [0, 0.05) is 6.04 Å². The number of allylic oxidation sites excluding steroid dienone is 1. The molecule has 0 amide bonds. The second-order valence-corrected chi connectivity index (χ2v) is 1.81. The summed E-state index contributed by atoms with van der Waals surface area (Å²) in [4.78, 5) is 0. The van der Waals surface area contributed by atoms with Gasteiger partial charge in [0.25, 0.3) is 0 Å². The predicted octanol–water partition coefficient (Wildman–Crippen LogP) is 1.38. The first kappa shape index (κ1) is 7.66. The Hall–Kier alpha value is -0.340. The number of hydrogen-bond acceptors (Lipinski definition) is 2. The van der Waals surface area contributed by atoms with Crippen LogP contribution in [0.4, 0.5) is 0 Å². The lowest BCUT2D eigenvalue weighted by Crippen LogP contribution is -2.19. The van der Waals surface area contributed by atoms with Crippen LogP contribution < -0.4 is 0 Å². The minimum atomic E-state index is 0.0139. The molecule has 0 aromatic heterocycles. The molecule has 2 nitrogen and oxygen atoms in total. The highest BCUT2D eigenvalue weighted by atomic mass is 16.5. The summed E-state index contributed by atoms with van der Waals surface area (Å²) >= 11 is 0. The SMILES string of the molecule is C/C=C\C(C)N(C)[O-]. The Morgan fingerprint density at radius 2 is 2.12 bits per heavy atom. The molecule has 0 heterocycles. The molecule has 8 heavy (non-hydrogen) atoms. The van der Waals surface area contributed by atoms with Crippen molar-refractivity contribution in [2.75, 3.05) is 7.05 Å². The Morgan fingerprint density at radius 3 is 2.25 bits per heavy atom. The summed E-state index contributed by atoms with van der Waals surface area (Å²) in [6.45, 7) is 3.76. The molecule has 0 aliphatic carbocycles. The Morgan fingerprint density at radius 1 is 1.62 bits per heavy atom. The van der Waals surface area contributed by atoms with Crippen LogP contribution in [0.5, 0.6) is 0 Å². The number of hydrogen-bond donors (Lipinski definition) is 0. The monoisotopic (exact) mass is 114 g/mol. The summed E-state index contributed by atoms with van der Waals surface area (Å²) in [5.74, 6) is 0. The highest BCUT2D eigenvalue weighted by Crippen LogP contribution is 1.92. The van der Waals surface area contributed by atoms with Crippen molar-refractivity contribution in [3.63, 3.8) is 0 Å². The summed E-state index contributed by atoms with van der Waals surface area (Å²) in [7, 11) is 1.52. The first-order chi connectivity index (χ1) is 3.68. The fraction of sp³-hybridized carbons (Fsp3) is 0.667. The van der Waals surface area contributed by atoms with Gasteiger partial charge in [-0.2, -0.15) is 0 Å². The van der Waals surface area contributed by atoms with Crippen molar-refractivity contribution in [3.8, 4) is 0 Å². The molecule has 1 unspecified atom stereocenters. The van der Waals surface area contributed by atoms with Crippen LogP contribution in [0.1, 0.15) is 13.8 Å². The quantitative estimate of drug-likeness (QED) is 0.400. The van der Waals surface area contributed by atoms with Gasteiger partial charge < -0.3 is 10.3 Å². The van der Waals surface area contributed by atoms with E-state index in [1.807, 2.05) is 26.0 Å². The summed E-state index contributed by atoms with van der Waals surface area (Å²) in [5, 5.41) is 11.3. The van der Waals surface area contributed by atoms with Crippen LogP contribution in [-0.2, 0) is 0 Å². The van der Waals surface area contributed by atoms with Crippen LogP contribution in [0.25, 0.3) is 0 Å². The lowest BCUT2D eigenvalue weighted by Gasteiger charge is -2.27. The molecule has 0 rings (SSSR count). The lowest BCUT2D eigenvalue weighted by molar-refractivity contribution is 0.409. The second kappa shape index (κ2) is 3.64. The molecule has 0 spiro atoms. The van der Waals surface area contributed by atoms with Crippen molar-refractivity contribution in [2.24, 2.45) is 0 Å². The van der Waals surface area contributed by atoms with Crippen molar-refractivity contribution >= 4 is 0 Å². The molecule has 0 aliphatic heterocycles. The molecule has 0 aromatic rings. The fourth-order valence-corrected chi connectivity index (χ4v) is 0.400. The molecule has 0 N–H and O–H groups in total. The van der Waals surface area contributed by atoms with Gasteiger partial charge in [-0.1, -0.05) is 12.2 Å². The smallest absolute Gasteiger partial charge is 0.0129 e. The van der Waals surface area contributed by atoms with Crippen molar-refractivity contribution in [3.05, 3.63) is 17.4 Å². The van der Waals surface area contributed by atoms with E-state index in [4.69, 9.17) is 0 Å². The fourth-order valence-electron chi connectivity index (χ4n) is 0.400. The van der Waals surface area contributed by atoms with Crippen LogP contribution >= 0.6 is 0 Å². The van der Waals surface area contributed by atoms with Crippen LogP contribution in [0.3, 0.4) is 0 Å². The molecule has 2 heteroatoms. The Kier molecular flexibility index (Phi) is 3.48. The number of hydroxylamine groups is 2. The normalized spacial score (nSPS) is 15.6. The van der Waals surface area contributed by atoms with Crippen LogP contribution in [-0.4, -0.2) is 18.2 Å². The summed E-state index contributed by atoms with van der Waals surface area (Å²) in [6, 6.07) is 0.0139. The summed E-state index contributed by atoms with van der Waals surface area (Å²) < 4.78 is 0. The van der Waals surface area contributed by atoms with Gasteiger partial charge in [0.15, 0.2) is 0 Å². The van der Waals surface area contributed by atoms with E-state index in [2.05, 4.69) is 0 Å². The van der Waals surface area contributed by atoms with Gasteiger partial charge in [0.1, 0.15) is 0 Å². The maximum atomic E-state index is 10.4. The van der Waals surface area contributed by atoms with E-state index in [1.165, 1.54) is 7.05 Å². The van der Waals surface area contributed by atoms with Gasteiger partial charge in [0.05, 0.1) is 0 Å². The molecule has 0 aromatic carbocycles. The van der Waals surface area contributed by atoms with Gasteiger partial charge in [-0.05, 0) is 20.9 Å². The molecule has 48 valence electrons. The number of rotatable bonds is 2. The van der Waals surface area contributed by atoms with Crippen molar-refractivity contribution < 1.29 is 0 Å². The summed E-state index contributed by atoms with van der Waals surface area (Å²) in [6.07, 6.45) is 3.73. The Balaban J connectivity index is 3.47.